The zero-order valence-corrected chi connectivity index (χ0v) is 10.5. The molecular formula is C16H12O3. The van der Waals surface area contributed by atoms with Crippen LogP contribution in [-0.2, 0) is 18.0 Å². The van der Waals surface area contributed by atoms with Gasteiger partial charge in [0.2, 0.25) is 0 Å². The Balaban J connectivity index is 2.30. The lowest BCUT2D eigenvalue weighted by Crippen LogP contribution is -2.02. The fraction of sp³-hybridized carbons (Fsp3) is 0.188. The molecule has 94 valence electrons. The summed E-state index contributed by atoms with van der Waals surface area (Å²) in [4.78, 5) is 12.1. The van der Waals surface area contributed by atoms with Crippen LogP contribution >= 0.6 is 0 Å². The summed E-state index contributed by atoms with van der Waals surface area (Å²) in [5.41, 5.74) is 3.75. The van der Waals surface area contributed by atoms with E-state index in [4.69, 9.17) is 9.15 Å². The third kappa shape index (κ3) is 1.45. The van der Waals surface area contributed by atoms with E-state index in [-0.39, 0.29) is 5.63 Å². The van der Waals surface area contributed by atoms with Gasteiger partial charge in [-0.25, -0.2) is 4.79 Å². The van der Waals surface area contributed by atoms with Crippen LogP contribution in [0.3, 0.4) is 0 Å². The Morgan fingerprint density at radius 2 is 1.89 bits per heavy atom. The molecule has 3 nitrogen and oxygen atoms in total. The number of aryl methyl sites for hydroxylation is 1. The minimum atomic E-state index is -0.275. The topological polar surface area (TPSA) is 39.4 Å². The van der Waals surface area contributed by atoms with Gasteiger partial charge in [-0.1, -0.05) is 18.2 Å². The van der Waals surface area contributed by atoms with Crippen LogP contribution in [0.4, 0.5) is 0 Å². The first-order valence-corrected chi connectivity index (χ1v) is 6.30. The van der Waals surface area contributed by atoms with Gasteiger partial charge in [0.1, 0.15) is 5.58 Å². The number of hydrogen-bond acceptors (Lipinski definition) is 3. The van der Waals surface area contributed by atoms with Gasteiger partial charge in [-0.2, -0.15) is 0 Å². The number of fused-ring (bicyclic) bond motifs is 5. The molecule has 0 spiro atoms. The van der Waals surface area contributed by atoms with Crippen molar-refractivity contribution in [1.82, 2.24) is 0 Å². The minimum absolute atomic E-state index is 0.275. The largest absolute Gasteiger partial charge is 0.422 e. The van der Waals surface area contributed by atoms with E-state index in [0.29, 0.717) is 24.2 Å². The van der Waals surface area contributed by atoms with Gasteiger partial charge in [0.05, 0.1) is 18.6 Å². The van der Waals surface area contributed by atoms with Crippen molar-refractivity contribution in [2.75, 3.05) is 0 Å². The van der Waals surface area contributed by atoms with E-state index in [1.165, 1.54) is 5.56 Å². The molecule has 0 saturated carbocycles. The predicted molar refractivity (Wildman–Crippen MR) is 73.2 cm³/mol. The van der Waals surface area contributed by atoms with E-state index in [9.17, 15) is 4.79 Å². The Morgan fingerprint density at radius 3 is 2.79 bits per heavy atom. The standard InChI is InChI=1S/C16H12O3/c1-9-2-4-11-14(6-9)19-16(17)12-5-3-10-7-18-8-13(10)15(11)12/h2-6H,7-8H2,1H3. The van der Waals surface area contributed by atoms with Crippen molar-refractivity contribution in [2.45, 2.75) is 20.1 Å². The second kappa shape index (κ2) is 3.68. The van der Waals surface area contributed by atoms with Crippen LogP contribution in [0.15, 0.2) is 39.5 Å². The molecule has 3 aromatic rings. The average Bonchev–Trinajstić information content (AvgIpc) is 2.86. The lowest BCUT2D eigenvalue weighted by Gasteiger charge is -2.07. The number of ether oxygens (including phenoxy) is 1. The van der Waals surface area contributed by atoms with Crippen molar-refractivity contribution < 1.29 is 9.15 Å². The molecule has 0 fully saturated rings. The summed E-state index contributed by atoms with van der Waals surface area (Å²) in [6.45, 7) is 3.18. The Hall–Kier alpha value is -2.13. The van der Waals surface area contributed by atoms with Gasteiger partial charge in [-0.15, -0.1) is 0 Å². The van der Waals surface area contributed by atoms with Gasteiger partial charge < -0.3 is 9.15 Å². The molecule has 0 bridgehead atoms. The third-order valence-electron chi connectivity index (χ3n) is 3.74. The second-order valence-corrected chi connectivity index (χ2v) is 5.01. The Labute approximate surface area is 109 Å². The van der Waals surface area contributed by atoms with Crippen LogP contribution in [0.25, 0.3) is 21.7 Å². The van der Waals surface area contributed by atoms with E-state index >= 15 is 0 Å². The summed E-state index contributed by atoms with van der Waals surface area (Å²) in [7, 11) is 0. The summed E-state index contributed by atoms with van der Waals surface area (Å²) >= 11 is 0. The smallest absolute Gasteiger partial charge is 0.344 e. The highest BCUT2D eigenvalue weighted by atomic mass is 16.5. The SMILES string of the molecule is Cc1ccc2c(c1)oc(=O)c1ccc3c(c12)COC3. The Bertz CT molecular complexity index is 874. The fourth-order valence-corrected chi connectivity index (χ4v) is 2.81. The quantitative estimate of drug-likeness (QED) is 0.455. The molecule has 0 atom stereocenters. The maximum absolute atomic E-state index is 12.1. The molecule has 1 aromatic heterocycles. The van der Waals surface area contributed by atoms with Gasteiger partial charge in [0.25, 0.3) is 0 Å². The van der Waals surface area contributed by atoms with Crippen molar-refractivity contribution in [1.29, 1.82) is 0 Å². The zero-order chi connectivity index (χ0) is 13.0. The Morgan fingerprint density at radius 1 is 1.05 bits per heavy atom. The second-order valence-electron chi connectivity index (χ2n) is 5.01. The molecule has 0 aliphatic carbocycles. The van der Waals surface area contributed by atoms with Gasteiger partial charge in [-0.3, -0.25) is 0 Å². The maximum Gasteiger partial charge on any atom is 0.344 e. The normalized spacial score (nSPS) is 14.2. The van der Waals surface area contributed by atoms with Crippen molar-refractivity contribution in [3.63, 3.8) is 0 Å². The van der Waals surface area contributed by atoms with E-state index < -0.39 is 0 Å². The average molecular weight is 252 g/mol. The van der Waals surface area contributed by atoms with Crippen LogP contribution in [0, 0.1) is 6.92 Å². The first-order chi connectivity index (χ1) is 9.24. The van der Waals surface area contributed by atoms with Gasteiger partial charge >= 0.3 is 5.63 Å². The van der Waals surface area contributed by atoms with E-state index in [1.807, 2.05) is 37.3 Å². The monoisotopic (exact) mass is 252 g/mol. The molecule has 2 heterocycles. The minimum Gasteiger partial charge on any atom is -0.422 e. The molecule has 0 radical (unpaired) electrons. The summed E-state index contributed by atoms with van der Waals surface area (Å²) in [5.74, 6) is 0. The summed E-state index contributed by atoms with van der Waals surface area (Å²) in [6, 6.07) is 9.77. The maximum atomic E-state index is 12.1. The molecule has 0 unspecified atom stereocenters. The molecule has 4 rings (SSSR count). The first-order valence-electron chi connectivity index (χ1n) is 6.30. The molecule has 0 saturated heterocycles. The summed E-state index contributed by atoms with van der Waals surface area (Å²) in [6.07, 6.45) is 0. The molecule has 3 heteroatoms. The highest BCUT2D eigenvalue weighted by Crippen LogP contribution is 2.32. The van der Waals surface area contributed by atoms with E-state index in [1.54, 1.807) is 0 Å². The summed E-state index contributed by atoms with van der Waals surface area (Å²) < 4.78 is 10.9. The van der Waals surface area contributed by atoms with Gasteiger partial charge in [0.15, 0.2) is 0 Å². The molecule has 1 aliphatic heterocycles. The van der Waals surface area contributed by atoms with Crippen molar-refractivity contribution in [3.05, 3.63) is 57.4 Å². The van der Waals surface area contributed by atoms with Gasteiger partial charge in [0, 0.05) is 10.8 Å². The highest BCUT2D eigenvalue weighted by molar-refractivity contribution is 6.06. The van der Waals surface area contributed by atoms with Gasteiger partial charge in [-0.05, 0) is 35.7 Å². The Kier molecular flexibility index (Phi) is 2.09. The fourth-order valence-electron chi connectivity index (χ4n) is 2.81. The summed E-state index contributed by atoms with van der Waals surface area (Å²) in [5, 5.41) is 2.62. The van der Waals surface area contributed by atoms with Crippen LogP contribution < -0.4 is 5.63 Å². The lowest BCUT2D eigenvalue weighted by atomic mass is 9.98. The molecule has 19 heavy (non-hydrogen) atoms. The van der Waals surface area contributed by atoms with Crippen LogP contribution in [-0.4, -0.2) is 0 Å². The molecule has 1 aliphatic rings. The van der Waals surface area contributed by atoms with Crippen LogP contribution in [0.5, 0.6) is 0 Å². The zero-order valence-electron chi connectivity index (χ0n) is 10.5. The first kappa shape index (κ1) is 10.8. The molecule has 0 amide bonds. The van der Waals surface area contributed by atoms with Crippen molar-refractivity contribution in [3.8, 4) is 0 Å². The number of benzene rings is 2. The number of hydrogen-bond donors (Lipinski definition) is 0. The van der Waals surface area contributed by atoms with Crippen LogP contribution in [0.2, 0.25) is 0 Å². The van der Waals surface area contributed by atoms with Crippen molar-refractivity contribution in [2.24, 2.45) is 0 Å². The molecular weight excluding hydrogens is 240 g/mol. The van der Waals surface area contributed by atoms with Crippen molar-refractivity contribution >= 4 is 21.7 Å². The van der Waals surface area contributed by atoms with Crippen LogP contribution in [0.1, 0.15) is 16.7 Å². The van der Waals surface area contributed by atoms with E-state index in [2.05, 4.69) is 0 Å². The van der Waals surface area contributed by atoms with E-state index in [0.717, 1.165) is 21.9 Å². The molecule has 0 N–H and O–H groups in total. The number of rotatable bonds is 0. The highest BCUT2D eigenvalue weighted by Gasteiger charge is 2.18. The lowest BCUT2D eigenvalue weighted by molar-refractivity contribution is 0.135. The third-order valence-corrected chi connectivity index (χ3v) is 3.74. The predicted octanol–water partition coefficient (Wildman–Crippen LogP) is 3.28. The molecule has 2 aromatic carbocycles.